The van der Waals surface area contributed by atoms with Crippen molar-refractivity contribution in [2.75, 3.05) is 5.32 Å². The Bertz CT molecular complexity index is 1510. The van der Waals surface area contributed by atoms with E-state index in [2.05, 4.69) is 21.2 Å². The lowest BCUT2D eigenvalue weighted by molar-refractivity contribution is -0.112. The highest BCUT2D eigenvalue weighted by Crippen LogP contribution is 2.29. The van der Waals surface area contributed by atoms with Gasteiger partial charge in [-0.2, -0.15) is 5.26 Å². The molecule has 4 rings (SSSR count). The van der Waals surface area contributed by atoms with Crippen LogP contribution in [0.15, 0.2) is 88.9 Å². The second kappa shape index (κ2) is 10.6. The van der Waals surface area contributed by atoms with Crippen molar-refractivity contribution < 1.29 is 14.3 Å². The second-order valence-electron chi connectivity index (χ2n) is 7.65. The Morgan fingerprint density at radius 3 is 2.54 bits per heavy atom. The minimum absolute atomic E-state index is 0.176. The molecule has 0 aromatic heterocycles. The Morgan fingerprint density at radius 2 is 1.77 bits per heavy atom. The van der Waals surface area contributed by atoms with E-state index in [4.69, 9.17) is 16.3 Å². The molecule has 0 saturated carbocycles. The minimum Gasteiger partial charge on any atom is -0.422 e. The first kappa shape index (κ1) is 24.2. The maximum Gasteiger partial charge on any atom is 0.344 e. The van der Waals surface area contributed by atoms with Crippen LogP contribution in [0, 0.1) is 18.3 Å². The van der Waals surface area contributed by atoms with E-state index >= 15 is 0 Å². The van der Waals surface area contributed by atoms with Crippen molar-refractivity contribution >= 4 is 61.9 Å². The van der Waals surface area contributed by atoms with Crippen molar-refractivity contribution in [3.63, 3.8) is 0 Å². The third-order valence-corrected chi connectivity index (χ3v) is 6.12. The van der Waals surface area contributed by atoms with Crippen LogP contribution in [-0.4, -0.2) is 11.9 Å². The first-order valence-electron chi connectivity index (χ1n) is 10.5. The molecule has 0 fully saturated rings. The molecule has 0 aliphatic carbocycles. The van der Waals surface area contributed by atoms with Gasteiger partial charge in [0, 0.05) is 10.0 Å². The summed E-state index contributed by atoms with van der Waals surface area (Å²) in [6.07, 6.45) is 1.37. The average Bonchev–Trinajstić information content (AvgIpc) is 2.85. The van der Waals surface area contributed by atoms with Crippen molar-refractivity contribution in [2.45, 2.75) is 6.92 Å². The van der Waals surface area contributed by atoms with E-state index in [-0.39, 0.29) is 11.3 Å². The van der Waals surface area contributed by atoms with Crippen molar-refractivity contribution in [1.82, 2.24) is 0 Å². The Hall–Kier alpha value is -3.92. The number of rotatable bonds is 5. The van der Waals surface area contributed by atoms with Gasteiger partial charge in [-0.05, 0) is 59.7 Å². The van der Waals surface area contributed by atoms with Gasteiger partial charge in [-0.3, -0.25) is 4.79 Å². The summed E-state index contributed by atoms with van der Waals surface area (Å²) in [7, 11) is 0. The number of halogens is 2. The predicted molar refractivity (Wildman–Crippen MR) is 141 cm³/mol. The summed E-state index contributed by atoms with van der Waals surface area (Å²) >= 11 is 9.59. The number of carbonyl (C=O) groups excluding carboxylic acids is 2. The first-order chi connectivity index (χ1) is 16.9. The van der Waals surface area contributed by atoms with Crippen LogP contribution in [0.3, 0.4) is 0 Å². The standard InChI is InChI=1S/C28H18BrClN2O3/c1-17-6-4-11-24(30)26(17)32-27(33)20(16-31)14-19-15-21(29)12-13-25(19)35-28(34)23-10-5-8-18-7-2-3-9-22(18)23/h2-15H,1H3,(H,32,33)/b20-14+. The SMILES string of the molecule is Cc1cccc(Cl)c1NC(=O)/C(C#N)=C/c1cc(Br)ccc1OC(=O)c1cccc2ccccc12. The molecule has 1 amide bonds. The molecule has 4 aromatic carbocycles. The smallest absolute Gasteiger partial charge is 0.344 e. The second-order valence-corrected chi connectivity index (χ2v) is 8.98. The number of hydrogen-bond acceptors (Lipinski definition) is 4. The number of benzene rings is 4. The molecular formula is C28H18BrClN2O3. The van der Waals surface area contributed by atoms with Crippen molar-refractivity contribution in [3.05, 3.63) is 111 Å². The molecule has 35 heavy (non-hydrogen) atoms. The zero-order valence-electron chi connectivity index (χ0n) is 18.5. The maximum absolute atomic E-state index is 13.1. The quantitative estimate of drug-likeness (QED) is 0.123. The molecule has 7 heteroatoms. The number of anilines is 1. The van der Waals surface area contributed by atoms with Gasteiger partial charge in [-0.1, -0.05) is 76.1 Å². The molecule has 4 aromatic rings. The summed E-state index contributed by atoms with van der Waals surface area (Å²) in [5, 5.41) is 14.4. The van der Waals surface area contributed by atoms with Crippen molar-refractivity contribution in [2.24, 2.45) is 0 Å². The third-order valence-electron chi connectivity index (χ3n) is 5.31. The van der Waals surface area contributed by atoms with Gasteiger partial charge in [0.2, 0.25) is 0 Å². The Kier molecular flexibility index (Phi) is 7.31. The number of para-hydroxylation sites is 1. The molecule has 0 aliphatic heterocycles. The van der Waals surface area contributed by atoms with Gasteiger partial charge in [0.15, 0.2) is 0 Å². The molecule has 0 saturated heterocycles. The molecule has 0 bridgehead atoms. The van der Waals surface area contributed by atoms with Crippen molar-refractivity contribution in [3.8, 4) is 11.8 Å². The van der Waals surface area contributed by atoms with Crippen LogP contribution >= 0.6 is 27.5 Å². The summed E-state index contributed by atoms with van der Waals surface area (Å²) in [6, 6.07) is 25.0. The van der Waals surface area contributed by atoms with E-state index in [1.807, 2.05) is 36.4 Å². The lowest BCUT2D eigenvalue weighted by Gasteiger charge is -2.12. The highest BCUT2D eigenvalue weighted by Gasteiger charge is 2.17. The van der Waals surface area contributed by atoms with Gasteiger partial charge in [0.1, 0.15) is 17.4 Å². The summed E-state index contributed by atoms with van der Waals surface area (Å²) in [5.74, 6) is -0.968. The van der Waals surface area contributed by atoms with Crippen LogP contribution < -0.4 is 10.1 Å². The number of ether oxygens (including phenoxy) is 1. The lowest BCUT2D eigenvalue weighted by atomic mass is 10.0. The topological polar surface area (TPSA) is 79.2 Å². The molecular weight excluding hydrogens is 528 g/mol. The van der Waals surface area contributed by atoms with Crippen LogP contribution in [-0.2, 0) is 4.79 Å². The fourth-order valence-corrected chi connectivity index (χ4v) is 4.21. The minimum atomic E-state index is -0.630. The van der Waals surface area contributed by atoms with Crippen LogP contribution in [0.2, 0.25) is 5.02 Å². The number of amides is 1. The fraction of sp³-hybridized carbons (Fsp3) is 0.0357. The fourth-order valence-electron chi connectivity index (χ4n) is 3.56. The van der Waals surface area contributed by atoms with Gasteiger partial charge in [0.25, 0.3) is 5.91 Å². The average molecular weight is 546 g/mol. The van der Waals surface area contributed by atoms with Gasteiger partial charge >= 0.3 is 5.97 Å². The number of esters is 1. The van der Waals surface area contributed by atoms with Gasteiger partial charge in [-0.25, -0.2) is 4.79 Å². The largest absolute Gasteiger partial charge is 0.422 e. The molecule has 172 valence electrons. The first-order valence-corrected chi connectivity index (χ1v) is 11.7. The maximum atomic E-state index is 13.1. The molecule has 5 nitrogen and oxygen atoms in total. The van der Waals surface area contributed by atoms with Gasteiger partial charge in [0.05, 0.1) is 16.3 Å². The molecule has 0 spiro atoms. The van der Waals surface area contributed by atoms with Gasteiger partial charge in [-0.15, -0.1) is 0 Å². The zero-order chi connectivity index (χ0) is 24.9. The zero-order valence-corrected chi connectivity index (χ0v) is 20.9. The number of aryl methyl sites for hydroxylation is 1. The molecule has 0 unspecified atom stereocenters. The molecule has 1 N–H and O–H groups in total. The van der Waals surface area contributed by atoms with E-state index in [9.17, 15) is 14.9 Å². The van der Waals surface area contributed by atoms with E-state index in [0.29, 0.717) is 26.3 Å². The summed E-state index contributed by atoms with van der Waals surface area (Å²) in [4.78, 5) is 25.9. The van der Waals surface area contributed by atoms with E-state index in [1.165, 1.54) is 6.08 Å². The normalized spacial score (nSPS) is 11.1. The number of nitrogens with one attached hydrogen (secondary N) is 1. The van der Waals surface area contributed by atoms with Crippen molar-refractivity contribution in [1.29, 1.82) is 5.26 Å². The number of hydrogen-bond donors (Lipinski definition) is 1. The van der Waals surface area contributed by atoms with Gasteiger partial charge < -0.3 is 10.1 Å². The highest BCUT2D eigenvalue weighted by atomic mass is 79.9. The molecule has 0 heterocycles. The molecule has 0 aliphatic rings. The number of carbonyl (C=O) groups is 2. The van der Waals surface area contributed by atoms with E-state index in [0.717, 1.165) is 16.3 Å². The van der Waals surface area contributed by atoms with Crippen LogP contribution in [0.5, 0.6) is 5.75 Å². The summed E-state index contributed by atoms with van der Waals surface area (Å²) < 4.78 is 6.40. The Morgan fingerprint density at radius 1 is 1.03 bits per heavy atom. The lowest BCUT2D eigenvalue weighted by Crippen LogP contribution is -2.15. The van der Waals surface area contributed by atoms with Crippen LogP contribution in [0.4, 0.5) is 5.69 Å². The van der Waals surface area contributed by atoms with Crippen LogP contribution in [0.25, 0.3) is 16.8 Å². The number of nitrogens with zero attached hydrogens (tertiary/aromatic N) is 1. The third kappa shape index (κ3) is 5.43. The number of nitriles is 1. The molecule has 0 atom stereocenters. The van der Waals surface area contributed by atoms with E-state index < -0.39 is 11.9 Å². The highest BCUT2D eigenvalue weighted by molar-refractivity contribution is 9.10. The Labute approximate surface area is 215 Å². The summed E-state index contributed by atoms with van der Waals surface area (Å²) in [5.41, 5.74) is 1.81. The summed E-state index contributed by atoms with van der Waals surface area (Å²) in [6.45, 7) is 1.80. The van der Waals surface area contributed by atoms with E-state index in [1.54, 1.807) is 55.5 Å². The number of fused-ring (bicyclic) bond motifs is 1. The Balaban J connectivity index is 1.66. The molecule has 0 radical (unpaired) electrons. The predicted octanol–water partition coefficient (Wildman–Crippen LogP) is 7.33. The van der Waals surface area contributed by atoms with Crippen LogP contribution in [0.1, 0.15) is 21.5 Å². The monoisotopic (exact) mass is 544 g/mol.